The molecular weight excluding hydrogens is 306 g/mol. The highest BCUT2D eigenvalue weighted by molar-refractivity contribution is 9.10. The Bertz CT molecular complexity index is 343. The standard InChI is InChI=1S/C15H24BrNS/c1-4-9-17-15(12(3)5-2)11-18-14-8-6-7-13(16)10-14/h6-8,10,12,15,17H,4-5,9,11H2,1-3H3. The van der Waals surface area contributed by atoms with Gasteiger partial charge in [0, 0.05) is 21.2 Å². The van der Waals surface area contributed by atoms with Crippen molar-refractivity contribution in [2.24, 2.45) is 5.92 Å². The minimum atomic E-state index is 0.610. The lowest BCUT2D eigenvalue weighted by molar-refractivity contribution is 0.397. The fraction of sp³-hybridized carbons (Fsp3) is 0.600. The smallest absolute Gasteiger partial charge is 0.0187 e. The van der Waals surface area contributed by atoms with Crippen molar-refractivity contribution in [2.75, 3.05) is 12.3 Å². The molecule has 1 nitrogen and oxygen atoms in total. The Morgan fingerprint density at radius 1 is 1.33 bits per heavy atom. The summed E-state index contributed by atoms with van der Waals surface area (Å²) in [5.74, 6) is 1.88. The predicted octanol–water partition coefficient (Wildman–Crippen LogP) is 4.96. The first-order valence-corrected chi connectivity index (χ1v) is 8.57. The molecule has 0 spiro atoms. The number of halogens is 1. The minimum Gasteiger partial charge on any atom is -0.313 e. The van der Waals surface area contributed by atoms with Crippen molar-refractivity contribution < 1.29 is 0 Å². The third kappa shape index (κ3) is 5.77. The Morgan fingerprint density at radius 3 is 2.72 bits per heavy atom. The maximum atomic E-state index is 3.67. The summed E-state index contributed by atoms with van der Waals surface area (Å²) in [6, 6.07) is 9.16. The largest absolute Gasteiger partial charge is 0.313 e. The van der Waals surface area contributed by atoms with Crippen molar-refractivity contribution in [3.05, 3.63) is 28.7 Å². The van der Waals surface area contributed by atoms with Gasteiger partial charge in [0.15, 0.2) is 0 Å². The van der Waals surface area contributed by atoms with Gasteiger partial charge < -0.3 is 5.32 Å². The molecule has 0 saturated carbocycles. The monoisotopic (exact) mass is 329 g/mol. The van der Waals surface area contributed by atoms with E-state index in [-0.39, 0.29) is 0 Å². The topological polar surface area (TPSA) is 12.0 Å². The second-order valence-corrected chi connectivity index (χ2v) is 6.72. The van der Waals surface area contributed by atoms with Gasteiger partial charge in [0.2, 0.25) is 0 Å². The molecule has 0 radical (unpaired) electrons. The van der Waals surface area contributed by atoms with Crippen LogP contribution in [0.25, 0.3) is 0 Å². The molecule has 0 aromatic heterocycles. The molecule has 0 saturated heterocycles. The van der Waals surface area contributed by atoms with Gasteiger partial charge in [0.1, 0.15) is 0 Å². The van der Waals surface area contributed by atoms with Gasteiger partial charge in [-0.15, -0.1) is 11.8 Å². The lowest BCUT2D eigenvalue weighted by atomic mass is 10.0. The quantitative estimate of drug-likeness (QED) is 0.677. The van der Waals surface area contributed by atoms with E-state index >= 15 is 0 Å². The third-order valence-electron chi connectivity index (χ3n) is 3.21. The fourth-order valence-corrected chi connectivity index (χ4v) is 3.54. The van der Waals surface area contributed by atoms with Crippen LogP contribution in [0.1, 0.15) is 33.6 Å². The van der Waals surface area contributed by atoms with Gasteiger partial charge in [-0.05, 0) is 37.1 Å². The molecule has 2 unspecified atom stereocenters. The molecule has 0 aliphatic carbocycles. The van der Waals surface area contributed by atoms with Gasteiger partial charge in [0.05, 0.1) is 0 Å². The van der Waals surface area contributed by atoms with Crippen molar-refractivity contribution in [3.8, 4) is 0 Å². The highest BCUT2D eigenvalue weighted by atomic mass is 79.9. The molecule has 18 heavy (non-hydrogen) atoms. The fourth-order valence-electron chi connectivity index (χ4n) is 1.78. The summed E-state index contributed by atoms with van der Waals surface area (Å²) in [5.41, 5.74) is 0. The Hall–Kier alpha value is 0.01000. The average Bonchev–Trinajstić information content (AvgIpc) is 2.38. The molecule has 1 aromatic carbocycles. The number of benzene rings is 1. The number of rotatable bonds is 8. The number of thioether (sulfide) groups is 1. The van der Waals surface area contributed by atoms with Gasteiger partial charge in [-0.25, -0.2) is 0 Å². The molecule has 1 aromatic rings. The first-order valence-electron chi connectivity index (χ1n) is 6.79. The molecule has 0 amide bonds. The number of hydrogen-bond acceptors (Lipinski definition) is 2. The number of hydrogen-bond donors (Lipinski definition) is 1. The van der Waals surface area contributed by atoms with E-state index in [0.29, 0.717) is 6.04 Å². The predicted molar refractivity (Wildman–Crippen MR) is 86.4 cm³/mol. The zero-order valence-electron chi connectivity index (χ0n) is 11.6. The Kier molecular flexibility index (Phi) is 8.03. The van der Waals surface area contributed by atoms with Crippen LogP contribution in [0.15, 0.2) is 33.6 Å². The summed E-state index contributed by atoms with van der Waals surface area (Å²) in [7, 11) is 0. The Labute approximate surface area is 124 Å². The Morgan fingerprint density at radius 2 is 2.11 bits per heavy atom. The summed E-state index contributed by atoms with van der Waals surface area (Å²) in [4.78, 5) is 1.34. The normalized spacial score (nSPS) is 14.4. The van der Waals surface area contributed by atoms with Crippen LogP contribution in [0.3, 0.4) is 0 Å². The molecule has 0 bridgehead atoms. The Balaban J connectivity index is 2.50. The lowest BCUT2D eigenvalue weighted by Crippen LogP contribution is -2.37. The molecule has 0 fully saturated rings. The van der Waals surface area contributed by atoms with Crippen molar-refractivity contribution in [2.45, 2.75) is 44.6 Å². The van der Waals surface area contributed by atoms with Crippen molar-refractivity contribution in [1.29, 1.82) is 0 Å². The zero-order chi connectivity index (χ0) is 13.4. The van der Waals surface area contributed by atoms with E-state index in [1.807, 2.05) is 11.8 Å². The summed E-state index contributed by atoms with van der Waals surface area (Å²) in [6.07, 6.45) is 2.44. The second-order valence-electron chi connectivity index (χ2n) is 4.71. The van der Waals surface area contributed by atoms with E-state index in [4.69, 9.17) is 0 Å². The molecule has 1 N–H and O–H groups in total. The van der Waals surface area contributed by atoms with Crippen LogP contribution in [0, 0.1) is 5.92 Å². The molecule has 102 valence electrons. The summed E-state index contributed by atoms with van der Waals surface area (Å²) >= 11 is 5.47. The molecule has 1 rings (SSSR count). The second kappa shape index (κ2) is 9.00. The van der Waals surface area contributed by atoms with Gasteiger partial charge in [0.25, 0.3) is 0 Å². The molecule has 2 atom stereocenters. The highest BCUT2D eigenvalue weighted by Gasteiger charge is 2.15. The van der Waals surface area contributed by atoms with Crippen LogP contribution < -0.4 is 5.32 Å². The van der Waals surface area contributed by atoms with Crippen LogP contribution in [-0.2, 0) is 0 Å². The van der Waals surface area contributed by atoms with Gasteiger partial charge in [-0.1, -0.05) is 49.2 Å². The SMILES string of the molecule is CCCNC(CSc1cccc(Br)c1)C(C)CC. The zero-order valence-corrected chi connectivity index (χ0v) is 14.0. The van der Waals surface area contributed by atoms with E-state index in [0.717, 1.165) is 22.7 Å². The maximum absolute atomic E-state index is 3.67. The van der Waals surface area contributed by atoms with Crippen molar-refractivity contribution in [1.82, 2.24) is 5.32 Å². The molecule has 0 aliphatic rings. The van der Waals surface area contributed by atoms with Gasteiger partial charge >= 0.3 is 0 Å². The summed E-state index contributed by atoms with van der Waals surface area (Å²) < 4.78 is 1.16. The summed E-state index contributed by atoms with van der Waals surface area (Å²) in [5, 5.41) is 3.67. The van der Waals surface area contributed by atoms with Crippen molar-refractivity contribution in [3.63, 3.8) is 0 Å². The van der Waals surface area contributed by atoms with Crippen LogP contribution in [-0.4, -0.2) is 18.3 Å². The average molecular weight is 330 g/mol. The first kappa shape index (κ1) is 16.1. The van der Waals surface area contributed by atoms with E-state index < -0.39 is 0 Å². The molecule has 3 heteroatoms. The molecule has 0 aliphatic heterocycles. The van der Waals surface area contributed by atoms with Crippen LogP contribution in [0.2, 0.25) is 0 Å². The lowest BCUT2D eigenvalue weighted by Gasteiger charge is -2.24. The van der Waals surface area contributed by atoms with Crippen molar-refractivity contribution >= 4 is 27.7 Å². The van der Waals surface area contributed by atoms with Crippen LogP contribution >= 0.6 is 27.7 Å². The summed E-state index contributed by atoms with van der Waals surface area (Å²) in [6.45, 7) is 7.96. The molecular formula is C15H24BrNS. The maximum Gasteiger partial charge on any atom is 0.0187 e. The van der Waals surface area contributed by atoms with E-state index in [1.54, 1.807) is 0 Å². The third-order valence-corrected chi connectivity index (χ3v) is 4.82. The minimum absolute atomic E-state index is 0.610. The van der Waals surface area contributed by atoms with E-state index in [1.165, 1.54) is 17.7 Å². The highest BCUT2D eigenvalue weighted by Crippen LogP contribution is 2.24. The van der Waals surface area contributed by atoms with Crippen LogP contribution in [0.4, 0.5) is 0 Å². The van der Waals surface area contributed by atoms with Gasteiger partial charge in [-0.2, -0.15) is 0 Å². The van der Waals surface area contributed by atoms with E-state index in [9.17, 15) is 0 Å². The van der Waals surface area contributed by atoms with Crippen LogP contribution in [0.5, 0.6) is 0 Å². The first-order chi connectivity index (χ1) is 8.67. The molecule has 0 heterocycles. The van der Waals surface area contributed by atoms with E-state index in [2.05, 4.69) is 66.3 Å². The number of nitrogens with one attached hydrogen (secondary N) is 1. The van der Waals surface area contributed by atoms with Gasteiger partial charge in [-0.3, -0.25) is 0 Å².